The molecule has 0 radical (unpaired) electrons. The molecule has 0 saturated carbocycles. The van der Waals surface area contributed by atoms with Crippen molar-refractivity contribution in [1.29, 1.82) is 0 Å². The van der Waals surface area contributed by atoms with Crippen LogP contribution in [-0.4, -0.2) is 24.2 Å². The van der Waals surface area contributed by atoms with Gasteiger partial charge in [-0.05, 0) is 24.1 Å². The second kappa shape index (κ2) is 5.45. The van der Waals surface area contributed by atoms with Crippen molar-refractivity contribution >= 4 is 16.9 Å². The highest BCUT2D eigenvalue weighted by molar-refractivity contribution is 5.89. The molecule has 3 heterocycles. The monoisotopic (exact) mass is 346 g/mol. The number of aromatic nitrogens is 1. The van der Waals surface area contributed by atoms with Crippen LogP contribution in [0.25, 0.3) is 10.9 Å². The van der Waals surface area contributed by atoms with E-state index in [4.69, 9.17) is 4.74 Å². The largest absolute Gasteiger partial charge is 0.468 e. The molecule has 5 rings (SSSR count). The minimum atomic E-state index is -0.597. The van der Waals surface area contributed by atoms with E-state index < -0.39 is 5.41 Å². The molecule has 1 N–H and O–H groups in total. The van der Waals surface area contributed by atoms with Crippen LogP contribution in [0, 0.1) is 12.3 Å². The predicted octanol–water partition coefficient (Wildman–Crippen LogP) is 3.55. The number of aryl methyl sites for hydroxylation is 1. The van der Waals surface area contributed by atoms with E-state index in [2.05, 4.69) is 53.2 Å². The van der Waals surface area contributed by atoms with Crippen LogP contribution in [0.2, 0.25) is 0 Å². The molecule has 1 aromatic heterocycles. The van der Waals surface area contributed by atoms with Gasteiger partial charge in [0.25, 0.3) is 0 Å². The second-order valence-corrected chi connectivity index (χ2v) is 7.45. The number of fused-ring (bicyclic) bond motifs is 5. The summed E-state index contributed by atoms with van der Waals surface area (Å²) in [7, 11) is 1.51. The Hall–Kier alpha value is -2.59. The van der Waals surface area contributed by atoms with Crippen molar-refractivity contribution in [2.24, 2.45) is 5.41 Å². The van der Waals surface area contributed by atoms with Crippen molar-refractivity contribution in [2.75, 3.05) is 13.7 Å². The third kappa shape index (κ3) is 1.80. The van der Waals surface area contributed by atoms with Crippen LogP contribution in [0.3, 0.4) is 0 Å². The van der Waals surface area contributed by atoms with Gasteiger partial charge < -0.3 is 14.6 Å². The lowest BCUT2D eigenvalue weighted by molar-refractivity contribution is -0.154. The van der Waals surface area contributed by atoms with Crippen LogP contribution in [-0.2, 0) is 16.1 Å². The molecule has 2 aliphatic heterocycles. The molecule has 2 aliphatic rings. The number of para-hydroxylation sites is 1. The van der Waals surface area contributed by atoms with Crippen molar-refractivity contribution in [3.05, 3.63) is 71.4 Å². The van der Waals surface area contributed by atoms with Gasteiger partial charge >= 0.3 is 5.97 Å². The number of ether oxygens (including phenoxy) is 1. The molecule has 3 unspecified atom stereocenters. The lowest BCUT2D eigenvalue weighted by atomic mass is 9.70. The fraction of sp³-hybridized carbons (Fsp3) is 0.318. The number of hydrogen-bond donors (Lipinski definition) is 1. The van der Waals surface area contributed by atoms with Gasteiger partial charge in [0.1, 0.15) is 5.41 Å². The Balaban J connectivity index is 1.73. The van der Waals surface area contributed by atoms with Crippen LogP contribution >= 0.6 is 0 Å². The fourth-order valence-electron chi connectivity index (χ4n) is 5.26. The molecule has 0 amide bonds. The highest BCUT2D eigenvalue weighted by Gasteiger charge is 2.62. The Bertz CT molecular complexity index is 1010. The molecule has 26 heavy (non-hydrogen) atoms. The van der Waals surface area contributed by atoms with Crippen molar-refractivity contribution in [1.82, 2.24) is 9.88 Å². The second-order valence-electron chi connectivity index (χ2n) is 7.45. The maximum atomic E-state index is 13.1. The van der Waals surface area contributed by atoms with Gasteiger partial charge in [0.05, 0.1) is 13.2 Å². The summed E-state index contributed by atoms with van der Waals surface area (Å²) in [6.07, 6.45) is 0. The summed E-state index contributed by atoms with van der Waals surface area (Å²) < 4.78 is 7.68. The van der Waals surface area contributed by atoms with E-state index in [1.807, 2.05) is 18.2 Å². The Labute approximate surface area is 152 Å². The van der Waals surface area contributed by atoms with Gasteiger partial charge in [-0.3, -0.25) is 4.79 Å². The number of benzene rings is 2. The molecule has 4 nitrogen and oxygen atoms in total. The Morgan fingerprint density at radius 2 is 1.88 bits per heavy atom. The van der Waals surface area contributed by atoms with Crippen molar-refractivity contribution < 1.29 is 9.53 Å². The van der Waals surface area contributed by atoms with Gasteiger partial charge in [-0.15, -0.1) is 0 Å². The summed E-state index contributed by atoms with van der Waals surface area (Å²) in [6, 6.07) is 18.8. The van der Waals surface area contributed by atoms with E-state index >= 15 is 0 Å². The average Bonchev–Trinajstić information content (AvgIpc) is 3.30. The predicted molar refractivity (Wildman–Crippen MR) is 101 cm³/mol. The molecule has 0 aliphatic carbocycles. The molecule has 0 spiro atoms. The number of rotatable bonds is 2. The number of esters is 1. The summed E-state index contributed by atoms with van der Waals surface area (Å²) in [5.74, 6) is -0.0206. The molecule has 2 aromatic carbocycles. The minimum absolute atomic E-state index is 0.0208. The molecular formula is C22H22N2O2. The minimum Gasteiger partial charge on any atom is -0.468 e. The first-order chi connectivity index (χ1) is 12.7. The Morgan fingerprint density at radius 3 is 2.65 bits per heavy atom. The number of hydrogen-bond acceptors (Lipinski definition) is 3. The molecule has 1 fully saturated rings. The summed E-state index contributed by atoms with van der Waals surface area (Å²) in [5.41, 5.74) is 4.29. The van der Waals surface area contributed by atoms with Crippen LogP contribution < -0.4 is 5.32 Å². The molecule has 0 bridgehead atoms. The highest BCUT2D eigenvalue weighted by Crippen LogP contribution is 2.57. The third-order valence-corrected chi connectivity index (χ3v) is 6.40. The molecule has 132 valence electrons. The first-order valence-corrected chi connectivity index (χ1v) is 9.13. The zero-order chi connectivity index (χ0) is 17.9. The molecule has 3 atom stereocenters. The van der Waals surface area contributed by atoms with Crippen LogP contribution in [0.5, 0.6) is 0 Å². The van der Waals surface area contributed by atoms with Crippen molar-refractivity contribution in [3.63, 3.8) is 0 Å². The van der Waals surface area contributed by atoms with E-state index in [1.54, 1.807) is 0 Å². The van der Waals surface area contributed by atoms with Crippen LogP contribution in [0.1, 0.15) is 28.8 Å². The smallest absolute Gasteiger partial charge is 0.316 e. The van der Waals surface area contributed by atoms with Crippen LogP contribution in [0.4, 0.5) is 0 Å². The summed E-state index contributed by atoms with van der Waals surface area (Å²) in [5, 5.41) is 4.93. The van der Waals surface area contributed by atoms with Gasteiger partial charge in [-0.1, -0.05) is 48.5 Å². The van der Waals surface area contributed by atoms with Crippen molar-refractivity contribution in [2.45, 2.75) is 25.4 Å². The quantitative estimate of drug-likeness (QED) is 0.722. The molecule has 3 aromatic rings. The number of carbonyl (C=O) groups is 1. The van der Waals surface area contributed by atoms with Crippen LogP contribution in [0.15, 0.2) is 54.6 Å². The number of nitrogens with zero attached hydrogens (tertiary/aromatic N) is 1. The zero-order valence-electron chi connectivity index (χ0n) is 15.0. The Morgan fingerprint density at radius 1 is 1.15 bits per heavy atom. The van der Waals surface area contributed by atoms with Gasteiger partial charge in [0, 0.05) is 35.6 Å². The lowest BCUT2D eigenvalue weighted by Crippen LogP contribution is -2.40. The number of nitrogens with one attached hydrogen (secondary N) is 1. The van der Waals surface area contributed by atoms with Gasteiger partial charge in [0.15, 0.2) is 0 Å². The summed E-state index contributed by atoms with van der Waals surface area (Å²) in [6.45, 7) is 3.60. The van der Waals surface area contributed by atoms with Gasteiger partial charge in [0.2, 0.25) is 0 Å². The van der Waals surface area contributed by atoms with E-state index in [0.717, 1.165) is 6.54 Å². The molecule has 1 saturated heterocycles. The summed E-state index contributed by atoms with van der Waals surface area (Å²) >= 11 is 0. The third-order valence-electron chi connectivity index (χ3n) is 6.40. The lowest BCUT2D eigenvalue weighted by Gasteiger charge is -2.32. The first kappa shape index (κ1) is 15.6. The van der Waals surface area contributed by atoms with E-state index in [1.165, 1.54) is 34.8 Å². The summed E-state index contributed by atoms with van der Waals surface area (Å²) in [4.78, 5) is 13.1. The maximum Gasteiger partial charge on any atom is 0.316 e. The standard InChI is InChI=1S/C22H22N2O2/c1-14-16-10-6-7-11-18(16)24-13-22(21(25)26-2)17(12-23-20(22)19(14)24)15-8-4-3-5-9-15/h3-11,17,20,23H,12-13H2,1-2H3. The first-order valence-electron chi connectivity index (χ1n) is 9.13. The van der Waals surface area contributed by atoms with Gasteiger partial charge in [-0.2, -0.15) is 0 Å². The van der Waals surface area contributed by atoms with E-state index in [0.29, 0.717) is 6.54 Å². The number of methoxy groups -OCH3 is 1. The fourth-order valence-corrected chi connectivity index (χ4v) is 5.26. The number of carbonyl (C=O) groups excluding carboxylic acids is 1. The van der Waals surface area contributed by atoms with E-state index in [9.17, 15) is 4.79 Å². The normalized spacial score (nSPS) is 26.7. The zero-order valence-corrected chi connectivity index (χ0v) is 15.0. The van der Waals surface area contributed by atoms with E-state index in [-0.39, 0.29) is 17.9 Å². The molecule has 4 heteroatoms. The SMILES string of the molecule is COC(=O)C12Cn3c(c(C)c4ccccc43)C1NCC2c1ccccc1. The highest BCUT2D eigenvalue weighted by atomic mass is 16.5. The molecular weight excluding hydrogens is 324 g/mol. The topological polar surface area (TPSA) is 43.3 Å². The van der Waals surface area contributed by atoms with Gasteiger partial charge in [-0.25, -0.2) is 0 Å². The van der Waals surface area contributed by atoms with Crippen molar-refractivity contribution in [3.8, 4) is 0 Å². The average molecular weight is 346 g/mol. The Kier molecular flexibility index (Phi) is 3.28. The maximum absolute atomic E-state index is 13.1.